The number of amides is 2. The van der Waals surface area contributed by atoms with Gasteiger partial charge in [-0.3, -0.25) is 4.90 Å². The Hall–Kier alpha value is -2.83. The van der Waals surface area contributed by atoms with Gasteiger partial charge in [0.15, 0.2) is 0 Å². The highest BCUT2D eigenvalue weighted by molar-refractivity contribution is 7.10. The monoisotopic (exact) mass is 446 g/mol. The minimum Gasteiger partial charge on any atom is -0.367 e. The van der Waals surface area contributed by atoms with Crippen molar-refractivity contribution >= 4 is 28.7 Å². The van der Waals surface area contributed by atoms with Gasteiger partial charge in [-0.25, -0.2) is 4.79 Å². The van der Waals surface area contributed by atoms with Gasteiger partial charge in [-0.2, -0.15) is 0 Å². The van der Waals surface area contributed by atoms with Crippen LogP contribution in [0, 0.1) is 0 Å². The largest absolute Gasteiger partial charge is 0.367 e. The molecule has 166 valence electrons. The summed E-state index contributed by atoms with van der Waals surface area (Å²) in [7, 11) is 0. The molecule has 2 N–H and O–H groups in total. The van der Waals surface area contributed by atoms with E-state index in [-0.39, 0.29) is 12.1 Å². The number of benzene rings is 2. The zero-order valence-electron chi connectivity index (χ0n) is 18.3. The van der Waals surface area contributed by atoms with Crippen molar-refractivity contribution in [2.24, 2.45) is 0 Å². The SMILES string of the molecule is O=C(Nc1ccc(N2CCc3sccc3C2)cc1)NC1CCN(Cc2ccccc2)CC1. The van der Waals surface area contributed by atoms with Crippen molar-refractivity contribution in [3.05, 3.63) is 82.0 Å². The first-order valence-corrected chi connectivity index (χ1v) is 12.3. The lowest BCUT2D eigenvalue weighted by Gasteiger charge is -2.32. The number of thiophene rings is 1. The number of carbonyl (C=O) groups is 1. The molecule has 2 amide bonds. The van der Waals surface area contributed by atoms with E-state index in [9.17, 15) is 4.79 Å². The van der Waals surface area contributed by atoms with E-state index in [1.54, 1.807) is 0 Å². The second kappa shape index (κ2) is 9.76. The van der Waals surface area contributed by atoms with Gasteiger partial charge in [0.1, 0.15) is 0 Å². The van der Waals surface area contributed by atoms with E-state index in [0.29, 0.717) is 0 Å². The molecule has 0 bridgehead atoms. The van der Waals surface area contributed by atoms with E-state index in [4.69, 9.17) is 0 Å². The van der Waals surface area contributed by atoms with Crippen molar-refractivity contribution < 1.29 is 4.79 Å². The van der Waals surface area contributed by atoms with Crippen LogP contribution in [-0.4, -0.2) is 36.6 Å². The first-order valence-electron chi connectivity index (χ1n) is 11.5. The summed E-state index contributed by atoms with van der Waals surface area (Å²) in [6.07, 6.45) is 3.08. The average molecular weight is 447 g/mol. The van der Waals surface area contributed by atoms with Crippen LogP contribution in [0.4, 0.5) is 16.2 Å². The number of anilines is 2. The van der Waals surface area contributed by atoms with Gasteiger partial charge in [-0.1, -0.05) is 30.3 Å². The molecular weight excluding hydrogens is 416 g/mol. The maximum absolute atomic E-state index is 12.5. The first kappa shape index (κ1) is 21.0. The summed E-state index contributed by atoms with van der Waals surface area (Å²) in [5.74, 6) is 0. The van der Waals surface area contributed by atoms with Gasteiger partial charge in [0.25, 0.3) is 0 Å². The molecule has 0 atom stereocenters. The topological polar surface area (TPSA) is 47.6 Å². The van der Waals surface area contributed by atoms with E-state index in [0.717, 1.165) is 57.7 Å². The van der Waals surface area contributed by atoms with Gasteiger partial charge in [0, 0.05) is 55.0 Å². The van der Waals surface area contributed by atoms with E-state index in [2.05, 4.69) is 74.3 Å². The fourth-order valence-corrected chi connectivity index (χ4v) is 5.54. The fraction of sp³-hybridized carbons (Fsp3) is 0.346. The van der Waals surface area contributed by atoms with Gasteiger partial charge in [0.2, 0.25) is 0 Å². The molecule has 6 heteroatoms. The number of nitrogens with one attached hydrogen (secondary N) is 2. The van der Waals surface area contributed by atoms with E-state index < -0.39 is 0 Å². The quantitative estimate of drug-likeness (QED) is 0.573. The molecule has 0 aliphatic carbocycles. The zero-order valence-corrected chi connectivity index (χ0v) is 19.1. The maximum atomic E-state index is 12.5. The average Bonchev–Trinajstić information content (AvgIpc) is 3.29. The molecule has 3 aromatic rings. The fourth-order valence-electron chi connectivity index (χ4n) is 4.65. The second-order valence-corrected chi connectivity index (χ2v) is 9.72. The van der Waals surface area contributed by atoms with Crippen molar-refractivity contribution in [1.29, 1.82) is 0 Å². The highest BCUT2D eigenvalue weighted by Gasteiger charge is 2.21. The Labute approximate surface area is 194 Å². The van der Waals surface area contributed by atoms with Crippen molar-refractivity contribution in [2.75, 3.05) is 29.9 Å². The minimum atomic E-state index is -0.111. The van der Waals surface area contributed by atoms with Crippen LogP contribution in [0.2, 0.25) is 0 Å². The van der Waals surface area contributed by atoms with Gasteiger partial charge in [-0.15, -0.1) is 11.3 Å². The van der Waals surface area contributed by atoms with Crippen LogP contribution < -0.4 is 15.5 Å². The Bertz CT molecular complexity index is 1030. The summed E-state index contributed by atoms with van der Waals surface area (Å²) in [6.45, 7) is 5.02. The summed E-state index contributed by atoms with van der Waals surface area (Å²) in [5, 5.41) is 8.34. The third-order valence-corrected chi connectivity index (χ3v) is 7.49. The molecule has 1 fully saturated rings. The third kappa shape index (κ3) is 5.14. The Kier molecular flexibility index (Phi) is 6.41. The molecule has 0 saturated carbocycles. The standard InChI is InChI=1S/C26H30N4OS/c31-26(28-23-10-14-29(15-11-23)18-20-4-2-1-3-5-20)27-22-6-8-24(9-7-22)30-16-12-25-21(19-30)13-17-32-25/h1-9,13,17,23H,10-12,14-16,18-19H2,(H2,27,28,31). The number of hydrogen-bond acceptors (Lipinski definition) is 4. The van der Waals surface area contributed by atoms with E-state index in [1.807, 2.05) is 23.5 Å². The lowest BCUT2D eigenvalue weighted by atomic mass is 10.0. The predicted octanol–water partition coefficient (Wildman–Crippen LogP) is 5.10. The number of fused-ring (bicyclic) bond motifs is 1. The van der Waals surface area contributed by atoms with Crippen molar-refractivity contribution in [3.8, 4) is 0 Å². The van der Waals surface area contributed by atoms with E-state index in [1.165, 1.54) is 21.7 Å². The van der Waals surface area contributed by atoms with Crippen molar-refractivity contribution in [3.63, 3.8) is 0 Å². The number of rotatable bonds is 5. The molecule has 5 rings (SSSR count). The summed E-state index contributed by atoms with van der Waals surface area (Å²) < 4.78 is 0. The molecule has 2 aromatic carbocycles. The zero-order chi connectivity index (χ0) is 21.8. The molecule has 0 spiro atoms. The third-order valence-electron chi connectivity index (χ3n) is 6.47. The van der Waals surface area contributed by atoms with Crippen LogP contribution in [0.15, 0.2) is 66.0 Å². The normalized spacial score (nSPS) is 17.1. The van der Waals surface area contributed by atoms with Gasteiger partial charge in [0.05, 0.1) is 0 Å². The summed E-state index contributed by atoms with van der Waals surface area (Å²) >= 11 is 1.86. The second-order valence-electron chi connectivity index (χ2n) is 8.72. The Morgan fingerprint density at radius 1 is 0.969 bits per heavy atom. The molecule has 0 radical (unpaired) electrons. The molecule has 0 unspecified atom stereocenters. The number of likely N-dealkylation sites (tertiary alicyclic amines) is 1. The number of carbonyl (C=O) groups excluding carboxylic acids is 1. The molecular formula is C26H30N4OS. The number of urea groups is 1. The van der Waals surface area contributed by atoms with Crippen LogP contribution in [0.1, 0.15) is 28.8 Å². The van der Waals surface area contributed by atoms with Gasteiger partial charge < -0.3 is 15.5 Å². The lowest BCUT2D eigenvalue weighted by molar-refractivity contribution is 0.190. The first-order chi connectivity index (χ1) is 15.7. The van der Waals surface area contributed by atoms with Crippen molar-refractivity contribution in [2.45, 2.75) is 38.4 Å². The van der Waals surface area contributed by atoms with Gasteiger partial charge >= 0.3 is 6.03 Å². The van der Waals surface area contributed by atoms with Crippen LogP contribution in [-0.2, 0) is 19.5 Å². The van der Waals surface area contributed by atoms with Crippen molar-refractivity contribution in [1.82, 2.24) is 10.2 Å². The van der Waals surface area contributed by atoms with Crippen LogP contribution in [0.5, 0.6) is 0 Å². The molecule has 32 heavy (non-hydrogen) atoms. The summed E-state index contributed by atoms with van der Waals surface area (Å²) in [6, 6.07) is 21.2. The van der Waals surface area contributed by atoms with Crippen LogP contribution in [0.3, 0.4) is 0 Å². The highest BCUT2D eigenvalue weighted by atomic mass is 32.1. The smallest absolute Gasteiger partial charge is 0.319 e. The molecule has 1 aromatic heterocycles. The summed E-state index contributed by atoms with van der Waals surface area (Å²) in [4.78, 5) is 18.9. The molecule has 5 nitrogen and oxygen atoms in total. The molecule has 3 heterocycles. The Morgan fingerprint density at radius 2 is 1.75 bits per heavy atom. The van der Waals surface area contributed by atoms with Crippen LogP contribution >= 0.6 is 11.3 Å². The maximum Gasteiger partial charge on any atom is 0.319 e. The summed E-state index contributed by atoms with van der Waals surface area (Å²) in [5.41, 5.74) is 4.83. The number of hydrogen-bond donors (Lipinski definition) is 2. The van der Waals surface area contributed by atoms with Gasteiger partial charge in [-0.05, 0) is 66.1 Å². The number of nitrogens with zero attached hydrogens (tertiary/aromatic N) is 2. The lowest BCUT2D eigenvalue weighted by Crippen LogP contribution is -2.45. The Morgan fingerprint density at radius 3 is 2.53 bits per heavy atom. The number of piperidine rings is 1. The highest BCUT2D eigenvalue weighted by Crippen LogP contribution is 2.28. The Balaban J connectivity index is 1.07. The van der Waals surface area contributed by atoms with Crippen LogP contribution in [0.25, 0.3) is 0 Å². The minimum absolute atomic E-state index is 0.111. The molecule has 2 aliphatic heterocycles. The van der Waals surface area contributed by atoms with E-state index >= 15 is 0 Å². The molecule has 1 saturated heterocycles. The molecule has 2 aliphatic rings. The predicted molar refractivity (Wildman–Crippen MR) is 132 cm³/mol.